The van der Waals surface area contributed by atoms with Crippen LogP contribution in [-0.2, 0) is 4.43 Å². The van der Waals surface area contributed by atoms with E-state index < -0.39 is 8.32 Å². The van der Waals surface area contributed by atoms with Crippen LogP contribution in [0.3, 0.4) is 0 Å². The zero-order valence-electron chi connectivity index (χ0n) is 7.15. The highest BCUT2D eigenvalue weighted by Crippen LogP contribution is 2.28. The van der Waals surface area contributed by atoms with Crippen molar-refractivity contribution in [2.45, 2.75) is 44.8 Å². The summed E-state index contributed by atoms with van der Waals surface area (Å²) in [6.45, 7) is 5.63. The molecule has 1 fully saturated rings. The van der Waals surface area contributed by atoms with Gasteiger partial charge < -0.3 is 4.43 Å². The Balaban J connectivity index is 2.44. The average Bonchev–Trinajstić information content (AvgIpc) is 2.06. The van der Waals surface area contributed by atoms with E-state index >= 15 is 0 Å². The standard InChI is InChI=1S/C8H18OSi/c1-3-10(4-2)8-6-5-7-9-10/h3-8H2,1-2H3. The monoisotopic (exact) mass is 158 g/mol. The summed E-state index contributed by atoms with van der Waals surface area (Å²) in [6.07, 6.45) is 2.72. The van der Waals surface area contributed by atoms with Crippen molar-refractivity contribution in [1.82, 2.24) is 0 Å². The summed E-state index contributed by atoms with van der Waals surface area (Å²) in [6, 6.07) is 4.06. The van der Waals surface area contributed by atoms with Crippen molar-refractivity contribution in [1.29, 1.82) is 0 Å². The molecule has 0 bridgehead atoms. The molecule has 0 aromatic carbocycles. The highest BCUT2D eigenvalue weighted by Gasteiger charge is 2.32. The number of hydrogen-bond donors (Lipinski definition) is 0. The van der Waals surface area contributed by atoms with E-state index in [9.17, 15) is 0 Å². The van der Waals surface area contributed by atoms with Crippen LogP contribution >= 0.6 is 0 Å². The van der Waals surface area contributed by atoms with Gasteiger partial charge in [-0.1, -0.05) is 20.3 Å². The minimum atomic E-state index is -1.13. The van der Waals surface area contributed by atoms with E-state index in [1.807, 2.05) is 0 Å². The van der Waals surface area contributed by atoms with Crippen molar-refractivity contribution in [3.8, 4) is 0 Å². The zero-order valence-corrected chi connectivity index (χ0v) is 8.15. The van der Waals surface area contributed by atoms with Crippen LogP contribution in [0.2, 0.25) is 18.1 Å². The Labute approximate surface area is 64.9 Å². The van der Waals surface area contributed by atoms with Gasteiger partial charge in [-0.3, -0.25) is 0 Å². The predicted molar refractivity (Wildman–Crippen MR) is 46.7 cm³/mol. The van der Waals surface area contributed by atoms with E-state index in [4.69, 9.17) is 4.43 Å². The third kappa shape index (κ3) is 1.61. The Morgan fingerprint density at radius 2 is 1.90 bits per heavy atom. The van der Waals surface area contributed by atoms with Crippen LogP contribution in [0.4, 0.5) is 0 Å². The van der Waals surface area contributed by atoms with Crippen molar-refractivity contribution >= 4 is 8.32 Å². The first-order chi connectivity index (χ1) is 4.83. The fourth-order valence-corrected chi connectivity index (χ4v) is 4.95. The van der Waals surface area contributed by atoms with Crippen LogP contribution in [-0.4, -0.2) is 14.9 Å². The lowest BCUT2D eigenvalue weighted by atomic mass is 10.4. The van der Waals surface area contributed by atoms with Crippen molar-refractivity contribution < 1.29 is 4.43 Å². The summed E-state index contributed by atoms with van der Waals surface area (Å²) >= 11 is 0. The minimum Gasteiger partial charge on any atom is -0.417 e. The molecule has 0 radical (unpaired) electrons. The van der Waals surface area contributed by atoms with Gasteiger partial charge in [0.2, 0.25) is 0 Å². The van der Waals surface area contributed by atoms with Gasteiger partial charge in [0.05, 0.1) is 0 Å². The van der Waals surface area contributed by atoms with Crippen LogP contribution in [0.25, 0.3) is 0 Å². The van der Waals surface area contributed by atoms with E-state index in [0.717, 1.165) is 6.61 Å². The summed E-state index contributed by atoms with van der Waals surface area (Å²) in [5.74, 6) is 0. The van der Waals surface area contributed by atoms with Gasteiger partial charge in [0, 0.05) is 6.61 Å². The summed E-state index contributed by atoms with van der Waals surface area (Å²) in [5.41, 5.74) is 0. The van der Waals surface area contributed by atoms with E-state index in [1.54, 1.807) is 0 Å². The second kappa shape index (κ2) is 3.53. The molecule has 0 amide bonds. The van der Waals surface area contributed by atoms with Crippen LogP contribution in [0.5, 0.6) is 0 Å². The maximum absolute atomic E-state index is 5.90. The summed E-state index contributed by atoms with van der Waals surface area (Å²) < 4.78 is 5.90. The molecule has 0 aliphatic carbocycles. The van der Waals surface area contributed by atoms with E-state index in [1.165, 1.54) is 31.0 Å². The smallest absolute Gasteiger partial charge is 0.192 e. The second-order valence-corrected chi connectivity index (χ2v) is 7.76. The van der Waals surface area contributed by atoms with Gasteiger partial charge in [-0.2, -0.15) is 0 Å². The lowest BCUT2D eigenvalue weighted by Crippen LogP contribution is -2.39. The third-order valence-corrected chi connectivity index (χ3v) is 7.38. The Hall–Kier alpha value is 0.177. The summed E-state index contributed by atoms with van der Waals surface area (Å²) in [4.78, 5) is 0. The Bertz CT molecular complexity index is 91.4. The van der Waals surface area contributed by atoms with Gasteiger partial charge in [-0.15, -0.1) is 0 Å². The van der Waals surface area contributed by atoms with E-state index in [2.05, 4.69) is 13.8 Å². The molecule has 0 aromatic rings. The summed E-state index contributed by atoms with van der Waals surface area (Å²) in [5, 5.41) is 0. The molecule has 0 saturated carbocycles. The van der Waals surface area contributed by atoms with Gasteiger partial charge in [0.25, 0.3) is 0 Å². The SMILES string of the molecule is CC[Si]1(CC)CCCCO1. The lowest BCUT2D eigenvalue weighted by Gasteiger charge is -2.33. The molecule has 0 spiro atoms. The molecule has 10 heavy (non-hydrogen) atoms. The topological polar surface area (TPSA) is 9.23 Å². The molecule has 1 rings (SSSR count). The van der Waals surface area contributed by atoms with E-state index in [0.29, 0.717) is 0 Å². The molecule has 1 heterocycles. The molecule has 0 aromatic heterocycles. The molecule has 0 unspecified atom stereocenters. The largest absolute Gasteiger partial charge is 0.417 e. The average molecular weight is 158 g/mol. The van der Waals surface area contributed by atoms with Crippen molar-refractivity contribution in [2.24, 2.45) is 0 Å². The van der Waals surface area contributed by atoms with E-state index in [-0.39, 0.29) is 0 Å². The maximum Gasteiger partial charge on any atom is 0.192 e. The molecule has 1 saturated heterocycles. The normalized spacial score (nSPS) is 24.6. The van der Waals surface area contributed by atoms with Gasteiger partial charge >= 0.3 is 0 Å². The second-order valence-electron chi connectivity index (χ2n) is 3.20. The Morgan fingerprint density at radius 3 is 2.20 bits per heavy atom. The molecular formula is C8H18OSi. The van der Waals surface area contributed by atoms with Crippen LogP contribution < -0.4 is 0 Å². The lowest BCUT2D eigenvalue weighted by molar-refractivity contribution is 0.267. The molecule has 1 aliphatic heterocycles. The quantitative estimate of drug-likeness (QED) is 0.561. The third-order valence-electron chi connectivity index (χ3n) is 2.72. The first kappa shape index (κ1) is 8.28. The Kier molecular flexibility index (Phi) is 2.92. The highest BCUT2D eigenvalue weighted by atomic mass is 28.4. The van der Waals surface area contributed by atoms with Gasteiger partial charge in [0.1, 0.15) is 0 Å². The summed E-state index contributed by atoms with van der Waals surface area (Å²) in [7, 11) is -1.13. The van der Waals surface area contributed by atoms with Crippen LogP contribution in [0.15, 0.2) is 0 Å². The van der Waals surface area contributed by atoms with Crippen molar-refractivity contribution in [2.75, 3.05) is 6.61 Å². The molecule has 1 nitrogen and oxygen atoms in total. The first-order valence-corrected chi connectivity index (χ1v) is 7.00. The zero-order chi connectivity index (χ0) is 7.45. The van der Waals surface area contributed by atoms with Crippen LogP contribution in [0.1, 0.15) is 26.7 Å². The highest BCUT2D eigenvalue weighted by molar-refractivity contribution is 6.73. The minimum absolute atomic E-state index is 1.05. The predicted octanol–water partition coefficient (Wildman–Crippen LogP) is 2.78. The van der Waals surface area contributed by atoms with Crippen molar-refractivity contribution in [3.05, 3.63) is 0 Å². The van der Waals surface area contributed by atoms with Crippen molar-refractivity contribution in [3.63, 3.8) is 0 Å². The molecule has 2 heteroatoms. The number of rotatable bonds is 2. The fraction of sp³-hybridized carbons (Fsp3) is 1.00. The van der Waals surface area contributed by atoms with Crippen LogP contribution in [0, 0.1) is 0 Å². The van der Waals surface area contributed by atoms with Gasteiger partial charge in [0.15, 0.2) is 8.32 Å². The Morgan fingerprint density at radius 1 is 1.20 bits per heavy atom. The van der Waals surface area contributed by atoms with Gasteiger partial charge in [-0.25, -0.2) is 0 Å². The molecule has 0 N–H and O–H groups in total. The first-order valence-electron chi connectivity index (χ1n) is 4.47. The molecule has 1 aliphatic rings. The number of hydrogen-bond acceptors (Lipinski definition) is 1. The molecule has 0 atom stereocenters. The molecule has 60 valence electrons. The van der Waals surface area contributed by atoms with Gasteiger partial charge in [-0.05, 0) is 24.6 Å². The maximum atomic E-state index is 5.90. The fourth-order valence-electron chi connectivity index (χ4n) is 1.72. The molecular weight excluding hydrogens is 140 g/mol.